The fourth-order valence-corrected chi connectivity index (χ4v) is 2.71. The number of nitrogens with two attached hydrogens (primary N) is 1. The molecule has 1 aliphatic carbocycles. The highest BCUT2D eigenvalue weighted by Crippen LogP contribution is 2.26. The zero-order valence-electron chi connectivity index (χ0n) is 21.6. The Morgan fingerprint density at radius 2 is 1.65 bits per heavy atom. The normalized spacial score (nSPS) is 16.3. The summed E-state index contributed by atoms with van der Waals surface area (Å²) < 4.78 is 9.55. The number of hydrogen-bond acceptors (Lipinski definition) is 5. The summed E-state index contributed by atoms with van der Waals surface area (Å²) in [4.78, 5) is 10.7. The second kappa shape index (κ2) is 22.8. The molecule has 2 atom stereocenters. The Morgan fingerprint density at radius 3 is 2.00 bits per heavy atom. The summed E-state index contributed by atoms with van der Waals surface area (Å²) >= 11 is 0. The molecule has 2 rings (SSSR count). The van der Waals surface area contributed by atoms with Crippen LogP contribution in [-0.2, 0) is 9.53 Å². The van der Waals surface area contributed by atoms with Crippen LogP contribution in [0.2, 0.25) is 0 Å². The maximum Gasteiger partial charge on any atom is 0.167 e. The fraction of sp³-hybridized carbons (Fsp3) is 0.654. The Labute approximate surface area is 192 Å². The summed E-state index contributed by atoms with van der Waals surface area (Å²) in [5, 5.41) is 9.07. The van der Waals surface area contributed by atoms with Crippen molar-refractivity contribution in [1.29, 1.82) is 0 Å². The lowest BCUT2D eigenvalue weighted by atomic mass is 9.84. The van der Waals surface area contributed by atoms with Gasteiger partial charge in [-0.05, 0) is 45.2 Å². The van der Waals surface area contributed by atoms with Crippen molar-refractivity contribution in [1.82, 2.24) is 0 Å². The molecule has 3 N–H and O–H groups in total. The minimum Gasteiger partial charge on any atom is -0.513 e. The summed E-state index contributed by atoms with van der Waals surface area (Å²) in [7, 11) is 3.25. The number of carbonyl (C=O) groups is 1. The van der Waals surface area contributed by atoms with Gasteiger partial charge in [-0.25, -0.2) is 0 Å². The highest BCUT2D eigenvalue weighted by Gasteiger charge is 2.23. The molecule has 182 valence electrons. The number of aliphatic hydroxyl groups is 1. The van der Waals surface area contributed by atoms with Crippen LogP contribution in [0.1, 0.15) is 77.8 Å². The highest BCUT2D eigenvalue weighted by atomic mass is 16.5. The molecule has 5 heteroatoms. The smallest absolute Gasteiger partial charge is 0.167 e. The van der Waals surface area contributed by atoms with Crippen molar-refractivity contribution < 1.29 is 19.4 Å². The molecular formula is C26H49NO4. The lowest BCUT2D eigenvalue weighted by molar-refractivity contribution is -0.118. The van der Waals surface area contributed by atoms with E-state index in [1.54, 1.807) is 14.2 Å². The monoisotopic (exact) mass is 439 g/mol. The Balaban J connectivity index is -0.000000385. The molecule has 1 fully saturated rings. The van der Waals surface area contributed by atoms with Gasteiger partial charge in [0.2, 0.25) is 0 Å². The third-order valence-electron chi connectivity index (χ3n) is 4.01. The first-order valence-electron chi connectivity index (χ1n) is 11.4. The van der Waals surface area contributed by atoms with Crippen molar-refractivity contribution in [2.45, 2.75) is 86.6 Å². The van der Waals surface area contributed by atoms with Crippen LogP contribution < -0.4 is 10.5 Å². The topological polar surface area (TPSA) is 81.8 Å². The molecule has 0 heterocycles. The highest BCUT2D eigenvalue weighted by molar-refractivity contribution is 5.77. The predicted molar refractivity (Wildman–Crippen MR) is 134 cm³/mol. The SMILES string of the molecule is C=C(O)[C@@H]1CCCC[C@H]1N.CC.CC(=O)COc1ccc(C)cc1C.CCC.COC. The molecule has 0 aliphatic heterocycles. The van der Waals surface area contributed by atoms with E-state index in [0.29, 0.717) is 0 Å². The number of benzene rings is 1. The molecule has 0 bridgehead atoms. The van der Waals surface area contributed by atoms with Gasteiger partial charge in [0.1, 0.15) is 12.4 Å². The first-order chi connectivity index (χ1) is 14.6. The van der Waals surface area contributed by atoms with Crippen LogP contribution in [0.15, 0.2) is 30.5 Å². The molecular weight excluding hydrogens is 390 g/mol. The van der Waals surface area contributed by atoms with Gasteiger partial charge in [0.05, 0.1) is 5.76 Å². The van der Waals surface area contributed by atoms with Gasteiger partial charge >= 0.3 is 0 Å². The molecule has 31 heavy (non-hydrogen) atoms. The minimum atomic E-state index is 0.0416. The van der Waals surface area contributed by atoms with Crippen LogP contribution in [0.4, 0.5) is 0 Å². The molecule has 0 unspecified atom stereocenters. The van der Waals surface area contributed by atoms with E-state index in [4.69, 9.17) is 15.6 Å². The summed E-state index contributed by atoms with van der Waals surface area (Å²) in [6.07, 6.45) is 5.67. The van der Waals surface area contributed by atoms with Gasteiger partial charge < -0.3 is 20.3 Å². The van der Waals surface area contributed by atoms with E-state index in [9.17, 15) is 4.79 Å². The third-order valence-corrected chi connectivity index (χ3v) is 4.01. The number of hydrogen-bond donors (Lipinski definition) is 2. The van der Waals surface area contributed by atoms with Gasteiger partial charge in [-0.3, -0.25) is 4.79 Å². The van der Waals surface area contributed by atoms with Crippen LogP contribution in [0, 0.1) is 19.8 Å². The fourth-order valence-electron chi connectivity index (χ4n) is 2.71. The van der Waals surface area contributed by atoms with E-state index in [1.807, 2.05) is 45.9 Å². The first kappa shape index (κ1) is 33.8. The van der Waals surface area contributed by atoms with Crippen LogP contribution in [0.25, 0.3) is 0 Å². The maximum absolute atomic E-state index is 10.7. The van der Waals surface area contributed by atoms with Crippen molar-refractivity contribution in [2.24, 2.45) is 11.7 Å². The van der Waals surface area contributed by atoms with Gasteiger partial charge in [-0.1, -0.05) is 71.2 Å². The third kappa shape index (κ3) is 19.8. The number of carbonyl (C=O) groups excluding carboxylic acids is 1. The minimum absolute atomic E-state index is 0.0416. The van der Waals surface area contributed by atoms with E-state index in [-0.39, 0.29) is 30.1 Å². The van der Waals surface area contributed by atoms with Crippen molar-refractivity contribution in [3.63, 3.8) is 0 Å². The molecule has 0 amide bonds. The van der Waals surface area contributed by atoms with E-state index < -0.39 is 0 Å². The number of aryl methyl sites for hydroxylation is 2. The van der Waals surface area contributed by atoms with E-state index in [0.717, 1.165) is 24.2 Å². The molecule has 5 nitrogen and oxygen atoms in total. The Morgan fingerprint density at radius 1 is 1.16 bits per heavy atom. The average Bonchev–Trinajstić information content (AvgIpc) is 2.70. The van der Waals surface area contributed by atoms with E-state index in [1.165, 1.54) is 31.7 Å². The van der Waals surface area contributed by atoms with Gasteiger partial charge in [0, 0.05) is 26.2 Å². The Bertz CT molecular complexity index is 571. The zero-order chi connectivity index (χ0) is 24.8. The molecule has 0 aromatic heterocycles. The number of ether oxygens (including phenoxy) is 2. The van der Waals surface area contributed by atoms with Crippen LogP contribution >= 0.6 is 0 Å². The molecule has 1 aromatic carbocycles. The second-order valence-electron chi connectivity index (χ2n) is 7.42. The summed E-state index contributed by atoms with van der Waals surface area (Å²) in [6.45, 7) is 17.4. The van der Waals surface area contributed by atoms with Crippen molar-refractivity contribution >= 4 is 5.78 Å². The molecule has 0 saturated heterocycles. The number of Topliss-reactive ketones (excluding diaryl/α,β-unsaturated/α-hetero) is 1. The molecule has 1 aliphatic rings. The van der Waals surface area contributed by atoms with Crippen LogP contribution in [0.3, 0.4) is 0 Å². The molecule has 0 radical (unpaired) electrons. The predicted octanol–water partition coefficient (Wildman–Crippen LogP) is 6.55. The van der Waals surface area contributed by atoms with Crippen LogP contribution in [0.5, 0.6) is 5.75 Å². The maximum atomic E-state index is 10.7. The first-order valence-corrected chi connectivity index (χ1v) is 11.4. The average molecular weight is 440 g/mol. The van der Waals surface area contributed by atoms with Gasteiger partial charge in [-0.2, -0.15) is 0 Å². The van der Waals surface area contributed by atoms with Crippen molar-refractivity contribution in [3.8, 4) is 5.75 Å². The van der Waals surface area contributed by atoms with Gasteiger partial charge in [-0.15, -0.1) is 0 Å². The zero-order valence-corrected chi connectivity index (χ0v) is 21.6. The summed E-state index contributed by atoms with van der Waals surface area (Å²) in [5.41, 5.74) is 8.03. The molecule has 0 spiro atoms. The lowest BCUT2D eigenvalue weighted by Gasteiger charge is -2.27. The lowest BCUT2D eigenvalue weighted by Crippen LogP contribution is -2.33. The quantitative estimate of drug-likeness (QED) is 0.520. The summed E-state index contributed by atoms with van der Waals surface area (Å²) in [5.74, 6) is 1.27. The number of methoxy groups -OCH3 is 1. The van der Waals surface area contributed by atoms with Gasteiger partial charge in [0.15, 0.2) is 5.78 Å². The standard InChI is InChI=1S/C11H14O2.C8H15NO.C3H8.C2H6O.C2H6/c1-8-4-5-11(9(2)6-8)13-7-10(3)12;1-6(10)7-4-2-3-5-8(7)9;2*1-3-2;1-2/h4-6H,7H2,1-3H3;7-8,10H,1-5,9H2;3H2,1-2H3;1-2H3;1-2H3/t;7-,8+;;;/m.0.../s1. The van der Waals surface area contributed by atoms with E-state index >= 15 is 0 Å². The van der Waals surface area contributed by atoms with Crippen molar-refractivity contribution in [2.75, 3.05) is 20.8 Å². The van der Waals surface area contributed by atoms with Gasteiger partial charge in [0.25, 0.3) is 0 Å². The number of aliphatic hydroxyl groups excluding tert-OH is 1. The largest absolute Gasteiger partial charge is 0.513 e. The van der Waals surface area contributed by atoms with Crippen LogP contribution in [-0.4, -0.2) is 37.8 Å². The molecule has 1 saturated carbocycles. The Kier molecular flexibility index (Phi) is 24.9. The van der Waals surface area contributed by atoms with E-state index in [2.05, 4.69) is 25.2 Å². The van der Waals surface area contributed by atoms with Crippen molar-refractivity contribution in [3.05, 3.63) is 41.7 Å². The summed E-state index contributed by atoms with van der Waals surface area (Å²) in [6, 6.07) is 6.05. The number of ketones is 1. The Hall–Kier alpha value is -1.85. The molecule has 1 aromatic rings. The number of rotatable bonds is 4. The second-order valence-corrected chi connectivity index (χ2v) is 7.42.